The van der Waals surface area contributed by atoms with E-state index in [9.17, 15) is 18.3 Å². The van der Waals surface area contributed by atoms with Crippen LogP contribution in [0, 0.1) is 0 Å². The molecule has 1 heterocycles. The van der Waals surface area contributed by atoms with E-state index in [1.807, 2.05) is 24.3 Å². The van der Waals surface area contributed by atoms with E-state index in [0.717, 1.165) is 10.2 Å². The Morgan fingerprint density at radius 1 is 1.06 bits per heavy atom. The van der Waals surface area contributed by atoms with Gasteiger partial charge in [0, 0.05) is 24.3 Å². The van der Waals surface area contributed by atoms with E-state index in [4.69, 9.17) is 0 Å². The number of nitrogens with zero attached hydrogens (tertiary/aromatic N) is 2. The van der Waals surface area contributed by atoms with Crippen LogP contribution in [0.15, 0.2) is 71.6 Å². The summed E-state index contributed by atoms with van der Waals surface area (Å²) in [6.07, 6.45) is 0. The highest BCUT2D eigenvalue weighted by atomic mass is 32.2. The number of sulfonamides is 1. The van der Waals surface area contributed by atoms with Crippen LogP contribution in [-0.4, -0.2) is 41.8 Å². The number of carbonyl (C=O) groups excluding carboxylic acids is 1. The van der Waals surface area contributed by atoms with Gasteiger partial charge < -0.3 is 10.4 Å². The van der Waals surface area contributed by atoms with Crippen molar-refractivity contribution in [3.8, 4) is 16.3 Å². The van der Waals surface area contributed by atoms with Crippen molar-refractivity contribution in [3.05, 3.63) is 72.3 Å². The lowest BCUT2D eigenvalue weighted by Gasteiger charge is -2.21. The number of hydrogen-bond acceptors (Lipinski definition) is 6. The minimum Gasteiger partial charge on any atom is -0.507 e. The van der Waals surface area contributed by atoms with Crippen LogP contribution in [0.4, 0.5) is 5.69 Å². The minimum absolute atomic E-state index is 0.0656. The second-order valence-corrected chi connectivity index (χ2v) is 10.8. The highest BCUT2D eigenvalue weighted by Crippen LogP contribution is 2.36. The summed E-state index contributed by atoms with van der Waals surface area (Å²) in [7, 11) is -2.10. The van der Waals surface area contributed by atoms with Crippen LogP contribution in [0.25, 0.3) is 20.8 Å². The number of anilines is 1. The highest BCUT2D eigenvalue weighted by Gasteiger charge is 2.23. The Balaban J connectivity index is 1.56. The zero-order valence-corrected chi connectivity index (χ0v) is 19.9. The number of benzene rings is 3. The molecule has 170 valence electrons. The number of thiazole rings is 1. The second-order valence-electron chi connectivity index (χ2n) is 7.81. The van der Waals surface area contributed by atoms with Gasteiger partial charge in [-0.1, -0.05) is 12.1 Å². The Labute approximate surface area is 196 Å². The van der Waals surface area contributed by atoms with Crippen LogP contribution in [0.2, 0.25) is 0 Å². The highest BCUT2D eigenvalue weighted by molar-refractivity contribution is 7.89. The number of nitrogens with one attached hydrogen (secondary N) is 1. The van der Waals surface area contributed by atoms with Gasteiger partial charge >= 0.3 is 0 Å². The fourth-order valence-electron chi connectivity index (χ4n) is 3.20. The third-order valence-electron chi connectivity index (χ3n) is 5.30. The average Bonchev–Trinajstić information content (AvgIpc) is 3.23. The monoisotopic (exact) mass is 481 g/mol. The predicted molar refractivity (Wildman–Crippen MR) is 131 cm³/mol. The van der Waals surface area contributed by atoms with Crippen LogP contribution in [-0.2, 0) is 10.0 Å². The maximum atomic E-state index is 12.7. The lowest BCUT2D eigenvalue weighted by atomic mass is 10.1. The van der Waals surface area contributed by atoms with Gasteiger partial charge in [-0.25, -0.2) is 13.4 Å². The molecule has 0 spiro atoms. The SMILES string of the molecule is CC(C)N(C)S(=O)(=O)c1ccc(C(=O)Nc2ccc(O)c(-c3nc4ccccc4s3)c2)cc1. The van der Waals surface area contributed by atoms with Gasteiger partial charge in [-0.2, -0.15) is 4.31 Å². The van der Waals surface area contributed by atoms with Gasteiger partial charge in [0.2, 0.25) is 10.0 Å². The van der Waals surface area contributed by atoms with E-state index in [1.165, 1.54) is 53.0 Å². The predicted octanol–water partition coefficient (Wildman–Crippen LogP) is 4.95. The lowest BCUT2D eigenvalue weighted by molar-refractivity contribution is 0.102. The van der Waals surface area contributed by atoms with E-state index in [0.29, 0.717) is 21.8 Å². The molecule has 33 heavy (non-hydrogen) atoms. The van der Waals surface area contributed by atoms with E-state index >= 15 is 0 Å². The molecular formula is C24H23N3O4S2. The number of para-hydroxylation sites is 1. The van der Waals surface area contributed by atoms with Crippen molar-refractivity contribution < 1.29 is 18.3 Å². The summed E-state index contributed by atoms with van der Waals surface area (Å²) >= 11 is 1.45. The summed E-state index contributed by atoms with van der Waals surface area (Å²) in [5.74, 6) is -0.326. The van der Waals surface area contributed by atoms with Crippen molar-refractivity contribution >= 4 is 43.2 Å². The number of phenolic OH excluding ortho intramolecular Hbond substituents is 1. The first-order chi connectivity index (χ1) is 15.7. The Morgan fingerprint density at radius 3 is 2.42 bits per heavy atom. The van der Waals surface area contributed by atoms with Gasteiger partial charge in [0.05, 0.1) is 20.7 Å². The molecular weight excluding hydrogens is 458 g/mol. The summed E-state index contributed by atoms with van der Waals surface area (Å²) in [6.45, 7) is 3.58. The standard InChI is InChI=1S/C24H23N3O4S2/c1-15(2)27(3)33(30,31)18-11-8-16(9-12-18)23(29)25-17-10-13-21(28)19(14-17)24-26-20-6-4-5-7-22(20)32-24/h4-15,28H,1-3H3,(H,25,29). The van der Waals surface area contributed by atoms with Crippen LogP contribution in [0.5, 0.6) is 5.75 Å². The number of amides is 1. The molecule has 1 aromatic heterocycles. The largest absolute Gasteiger partial charge is 0.507 e. The number of fused-ring (bicyclic) bond motifs is 1. The zero-order valence-electron chi connectivity index (χ0n) is 18.3. The van der Waals surface area contributed by atoms with E-state index in [1.54, 1.807) is 26.0 Å². The normalized spacial score (nSPS) is 11.9. The van der Waals surface area contributed by atoms with Crippen LogP contribution in [0.3, 0.4) is 0 Å². The molecule has 0 atom stereocenters. The molecule has 4 aromatic rings. The fraction of sp³-hybridized carbons (Fsp3) is 0.167. The maximum absolute atomic E-state index is 12.7. The van der Waals surface area contributed by atoms with Gasteiger partial charge in [-0.15, -0.1) is 11.3 Å². The summed E-state index contributed by atoms with van der Waals surface area (Å²) in [6, 6.07) is 18.1. The minimum atomic E-state index is -3.62. The Bertz CT molecular complexity index is 1390. The Kier molecular flexibility index (Phi) is 6.20. The first-order valence-corrected chi connectivity index (χ1v) is 12.5. The molecule has 1 amide bonds. The topological polar surface area (TPSA) is 99.6 Å². The Hall–Kier alpha value is -3.27. The molecule has 0 radical (unpaired) electrons. The number of phenols is 1. The summed E-state index contributed by atoms with van der Waals surface area (Å²) in [5.41, 5.74) is 2.16. The number of hydrogen-bond donors (Lipinski definition) is 2. The van der Waals surface area contributed by atoms with Crippen LogP contribution in [0.1, 0.15) is 24.2 Å². The third-order valence-corrected chi connectivity index (χ3v) is 8.42. The van der Waals surface area contributed by atoms with Gasteiger partial charge in [-0.05, 0) is 68.4 Å². The summed E-state index contributed by atoms with van der Waals surface area (Å²) in [5, 5.41) is 13.8. The van der Waals surface area contributed by atoms with Crippen molar-refractivity contribution in [1.29, 1.82) is 0 Å². The molecule has 3 aromatic carbocycles. The van der Waals surface area contributed by atoms with E-state index in [-0.39, 0.29) is 16.7 Å². The number of carbonyl (C=O) groups is 1. The first kappa shape index (κ1) is 22.9. The van der Waals surface area contributed by atoms with Gasteiger partial charge in [0.15, 0.2) is 0 Å². The molecule has 4 rings (SSSR count). The lowest BCUT2D eigenvalue weighted by Crippen LogP contribution is -2.33. The molecule has 0 saturated heterocycles. The first-order valence-electron chi connectivity index (χ1n) is 10.3. The maximum Gasteiger partial charge on any atom is 0.255 e. The van der Waals surface area contributed by atoms with Gasteiger partial charge in [0.1, 0.15) is 10.8 Å². The van der Waals surface area contributed by atoms with Crippen molar-refractivity contribution in [2.45, 2.75) is 24.8 Å². The average molecular weight is 482 g/mol. The molecule has 0 saturated carbocycles. The number of aromatic hydroxyl groups is 1. The van der Waals surface area contributed by atoms with Crippen molar-refractivity contribution in [3.63, 3.8) is 0 Å². The molecule has 9 heteroatoms. The van der Waals surface area contributed by atoms with Crippen molar-refractivity contribution in [2.75, 3.05) is 12.4 Å². The van der Waals surface area contributed by atoms with Crippen LogP contribution >= 0.6 is 11.3 Å². The van der Waals surface area contributed by atoms with Crippen molar-refractivity contribution in [1.82, 2.24) is 9.29 Å². The van der Waals surface area contributed by atoms with Gasteiger partial charge in [0.25, 0.3) is 5.91 Å². The van der Waals surface area contributed by atoms with Gasteiger partial charge in [-0.3, -0.25) is 4.79 Å². The quantitative estimate of drug-likeness (QED) is 0.380. The smallest absolute Gasteiger partial charge is 0.255 e. The molecule has 0 fully saturated rings. The van der Waals surface area contributed by atoms with E-state index < -0.39 is 15.9 Å². The fourth-order valence-corrected chi connectivity index (χ4v) is 5.56. The Morgan fingerprint density at radius 2 is 1.76 bits per heavy atom. The molecule has 0 unspecified atom stereocenters. The second kappa shape index (κ2) is 8.93. The summed E-state index contributed by atoms with van der Waals surface area (Å²) in [4.78, 5) is 17.4. The van der Waals surface area contributed by atoms with E-state index in [2.05, 4.69) is 10.3 Å². The number of rotatable bonds is 6. The molecule has 0 bridgehead atoms. The zero-order chi connectivity index (χ0) is 23.8. The number of aromatic nitrogens is 1. The third kappa shape index (κ3) is 4.61. The molecule has 0 aliphatic heterocycles. The molecule has 0 aliphatic carbocycles. The van der Waals surface area contributed by atoms with Crippen molar-refractivity contribution in [2.24, 2.45) is 0 Å². The molecule has 2 N–H and O–H groups in total. The summed E-state index contributed by atoms with van der Waals surface area (Å²) < 4.78 is 27.5. The molecule has 7 nitrogen and oxygen atoms in total. The van der Waals surface area contributed by atoms with Crippen LogP contribution < -0.4 is 5.32 Å². The molecule has 0 aliphatic rings.